The zero-order valence-corrected chi connectivity index (χ0v) is 17.1. The van der Waals surface area contributed by atoms with Crippen LogP contribution in [0.3, 0.4) is 0 Å². The first-order valence-electron chi connectivity index (χ1n) is 9.40. The standard InChI is InChI=1S/C24H17N3O3S/c25-14-17-5-7-18(8-6-17)15-30-19-11-9-16(10-12-19)13-22(23(28)29)31-24-26-20-3-1-2-4-21(20)27-24/h1-13H,15H2,(H,26,27)(H,28,29)/b22-13-. The highest BCUT2D eigenvalue weighted by molar-refractivity contribution is 8.04. The molecule has 0 amide bonds. The van der Waals surface area contributed by atoms with E-state index >= 15 is 0 Å². The summed E-state index contributed by atoms with van der Waals surface area (Å²) < 4.78 is 5.76. The molecule has 0 unspecified atom stereocenters. The smallest absolute Gasteiger partial charge is 0.342 e. The molecule has 0 aliphatic rings. The molecule has 3 aromatic carbocycles. The van der Waals surface area contributed by atoms with Gasteiger partial charge in [-0.1, -0.05) is 36.4 Å². The van der Waals surface area contributed by atoms with Crippen molar-refractivity contribution in [2.75, 3.05) is 0 Å². The average molecular weight is 427 g/mol. The van der Waals surface area contributed by atoms with E-state index in [-0.39, 0.29) is 4.91 Å². The first-order chi connectivity index (χ1) is 15.1. The Hall–Kier alpha value is -4.02. The molecule has 0 fully saturated rings. The molecule has 4 aromatic rings. The van der Waals surface area contributed by atoms with Crippen LogP contribution in [0.25, 0.3) is 17.1 Å². The third-order valence-electron chi connectivity index (χ3n) is 4.45. The SMILES string of the molecule is N#Cc1ccc(COc2ccc(/C=C(\Sc3nc4ccccc4[nH]3)C(=O)O)cc2)cc1. The lowest BCUT2D eigenvalue weighted by molar-refractivity contribution is -0.131. The highest BCUT2D eigenvalue weighted by atomic mass is 32.2. The van der Waals surface area contributed by atoms with E-state index in [9.17, 15) is 9.90 Å². The van der Waals surface area contributed by atoms with E-state index in [1.54, 1.807) is 42.5 Å². The Balaban J connectivity index is 1.44. The Morgan fingerprint density at radius 1 is 1.10 bits per heavy atom. The van der Waals surface area contributed by atoms with Gasteiger partial charge >= 0.3 is 5.97 Å². The summed E-state index contributed by atoms with van der Waals surface area (Å²) in [6.45, 7) is 0.378. The number of aromatic amines is 1. The number of rotatable bonds is 7. The predicted molar refractivity (Wildman–Crippen MR) is 119 cm³/mol. The molecule has 0 radical (unpaired) electrons. The van der Waals surface area contributed by atoms with Crippen LogP contribution in [0.5, 0.6) is 5.75 Å². The van der Waals surface area contributed by atoms with Crippen LogP contribution in [-0.4, -0.2) is 21.0 Å². The van der Waals surface area contributed by atoms with Crippen molar-refractivity contribution in [2.45, 2.75) is 11.8 Å². The fraction of sp³-hybridized carbons (Fsp3) is 0.0417. The number of nitriles is 1. The number of nitrogens with zero attached hydrogens (tertiary/aromatic N) is 2. The topological polar surface area (TPSA) is 99.0 Å². The molecule has 0 bridgehead atoms. The van der Waals surface area contributed by atoms with Crippen LogP contribution in [0.15, 0.2) is 82.9 Å². The molecule has 0 atom stereocenters. The highest BCUT2D eigenvalue weighted by Gasteiger charge is 2.13. The van der Waals surface area contributed by atoms with Crippen LogP contribution < -0.4 is 4.74 Å². The number of thioether (sulfide) groups is 1. The van der Waals surface area contributed by atoms with E-state index in [0.29, 0.717) is 23.1 Å². The van der Waals surface area contributed by atoms with Crippen LogP contribution in [0, 0.1) is 11.3 Å². The minimum atomic E-state index is -1.02. The minimum Gasteiger partial charge on any atom is -0.489 e. The van der Waals surface area contributed by atoms with Gasteiger partial charge in [-0.2, -0.15) is 5.26 Å². The zero-order valence-electron chi connectivity index (χ0n) is 16.3. The number of carbonyl (C=O) groups is 1. The van der Waals surface area contributed by atoms with Crippen LogP contribution >= 0.6 is 11.8 Å². The minimum absolute atomic E-state index is 0.158. The number of hydrogen-bond acceptors (Lipinski definition) is 5. The first-order valence-corrected chi connectivity index (χ1v) is 10.2. The Bertz CT molecular complexity index is 1250. The zero-order chi connectivity index (χ0) is 21.6. The number of hydrogen-bond donors (Lipinski definition) is 2. The molecule has 152 valence electrons. The van der Waals surface area contributed by atoms with Crippen LogP contribution in [0.1, 0.15) is 16.7 Å². The fourth-order valence-electron chi connectivity index (χ4n) is 2.87. The van der Waals surface area contributed by atoms with Gasteiger partial charge in [-0.3, -0.25) is 0 Å². The van der Waals surface area contributed by atoms with Crippen molar-refractivity contribution in [3.8, 4) is 11.8 Å². The van der Waals surface area contributed by atoms with Gasteiger partial charge in [0.2, 0.25) is 0 Å². The molecule has 0 saturated heterocycles. The Labute approximate surface area is 182 Å². The van der Waals surface area contributed by atoms with E-state index in [2.05, 4.69) is 16.0 Å². The van der Waals surface area contributed by atoms with E-state index in [4.69, 9.17) is 10.00 Å². The second-order valence-electron chi connectivity index (χ2n) is 6.64. The van der Waals surface area contributed by atoms with Gasteiger partial charge in [0.05, 0.1) is 22.7 Å². The molecule has 0 aliphatic heterocycles. The van der Waals surface area contributed by atoms with Crippen molar-refractivity contribution in [3.05, 3.63) is 94.4 Å². The predicted octanol–water partition coefficient (Wildman–Crippen LogP) is 5.23. The Kier molecular flexibility index (Phi) is 6.01. The second-order valence-corrected chi connectivity index (χ2v) is 7.67. The number of aromatic nitrogens is 2. The van der Waals surface area contributed by atoms with Crippen molar-refractivity contribution >= 4 is 34.8 Å². The first kappa shape index (κ1) is 20.3. The lowest BCUT2D eigenvalue weighted by Gasteiger charge is -2.07. The van der Waals surface area contributed by atoms with Crippen molar-refractivity contribution in [1.29, 1.82) is 5.26 Å². The summed E-state index contributed by atoms with van der Waals surface area (Å²) in [7, 11) is 0. The van der Waals surface area contributed by atoms with Gasteiger partial charge < -0.3 is 14.8 Å². The number of carboxylic acids is 1. The van der Waals surface area contributed by atoms with E-state index < -0.39 is 5.97 Å². The Morgan fingerprint density at radius 2 is 1.84 bits per heavy atom. The number of nitrogens with one attached hydrogen (secondary N) is 1. The van der Waals surface area contributed by atoms with Crippen molar-refractivity contribution < 1.29 is 14.6 Å². The number of para-hydroxylation sites is 2. The number of ether oxygens (including phenoxy) is 1. The highest BCUT2D eigenvalue weighted by Crippen LogP contribution is 2.28. The normalized spacial score (nSPS) is 11.3. The van der Waals surface area contributed by atoms with Gasteiger partial charge in [0.25, 0.3) is 0 Å². The lowest BCUT2D eigenvalue weighted by Crippen LogP contribution is -1.97. The summed E-state index contributed by atoms with van der Waals surface area (Å²) in [5.74, 6) is -0.352. The molecule has 7 heteroatoms. The maximum atomic E-state index is 11.7. The summed E-state index contributed by atoms with van der Waals surface area (Å²) in [5.41, 5.74) is 3.96. The van der Waals surface area contributed by atoms with Gasteiger partial charge in [-0.25, -0.2) is 9.78 Å². The summed E-state index contributed by atoms with van der Waals surface area (Å²) in [5, 5.41) is 19.0. The number of H-pyrrole nitrogens is 1. The maximum Gasteiger partial charge on any atom is 0.342 e. The van der Waals surface area contributed by atoms with Crippen molar-refractivity contribution in [1.82, 2.24) is 9.97 Å². The largest absolute Gasteiger partial charge is 0.489 e. The number of benzene rings is 3. The maximum absolute atomic E-state index is 11.7. The average Bonchev–Trinajstić information content (AvgIpc) is 3.21. The van der Waals surface area contributed by atoms with Gasteiger partial charge in [0.1, 0.15) is 17.3 Å². The summed E-state index contributed by atoms with van der Waals surface area (Å²) in [4.78, 5) is 19.4. The summed E-state index contributed by atoms with van der Waals surface area (Å²) in [6, 6.07) is 24.0. The molecular weight excluding hydrogens is 410 g/mol. The van der Waals surface area contributed by atoms with Crippen molar-refractivity contribution in [2.24, 2.45) is 0 Å². The molecule has 0 saturated carbocycles. The second kappa shape index (κ2) is 9.20. The molecule has 0 aliphatic carbocycles. The number of carboxylic acid groups (broad SMARTS) is 1. The van der Waals surface area contributed by atoms with Crippen LogP contribution in [-0.2, 0) is 11.4 Å². The van der Waals surface area contributed by atoms with Gasteiger partial charge in [-0.15, -0.1) is 0 Å². The fourth-order valence-corrected chi connectivity index (χ4v) is 3.67. The van der Waals surface area contributed by atoms with Gasteiger partial charge in [-0.05, 0) is 65.4 Å². The molecule has 1 heterocycles. The monoisotopic (exact) mass is 427 g/mol. The molecule has 2 N–H and O–H groups in total. The molecule has 31 heavy (non-hydrogen) atoms. The van der Waals surface area contributed by atoms with Crippen LogP contribution in [0.2, 0.25) is 0 Å². The number of imidazole rings is 1. The Morgan fingerprint density at radius 3 is 2.52 bits per heavy atom. The van der Waals surface area contributed by atoms with Gasteiger partial charge in [0.15, 0.2) is 5.16 Å². The third kappa shape index (κ3) is 5.13. The van der Waals surface area contributed by atoms with E-state index in [0.717, 1.165) is 33.9 Å². The van der Waals surface area contributed by atoms with Gasteiger partial charge in [0, 0.05) is 0 Å². The third-order valence-corrected chi connectivity index (χ3v) is 5.35. The molecule has 1 aromatic heterocycles. The summed E-state index contributed by atoms with van der Waals surface area (Å²) in [6.07, 6.45) is 1.60. The molecular formula is C24H17N3O3S. The summed E-state index contributed by atoms with van der Waals surface area (Å²) >= 11 is 1.07. The van der Waals surface area contributed by atoms with Crippen molar-refractivity contribution in [3.63, 3.8) is 0 Å². The molecule has 4 rings (SSSR count). The lowest BCUT2D eigenvalue weighted by atomic mass is 10.1. The van der Waals surface area contributed by atoms with E-state index in [1.807, 2.05) is 36.4 Å². The number of fused-ring (bicyclic) bond motifs is 1. The molecule has 6 nitrogen and oxygen atoms in total. The molecule has 0 spiro atoms. The van der Waals surface area contributed by atoms with E-state index in [1.165, 1.54) is 0 Å². The quantitative estimate of drug-likeness (QED) is 0.309. The van der Waals surface area contributed by atoms with Crippen LogP contribution in [0.4, 0.5) is 0 Å². The number of aliphatic carboxylic acids is 1.